The van der Waals surface area contributed by atoms with E-state index in [1.807, 2.05) is 0 Å². The molecule has 1 aliphatic rings. The number of aromatic nitrogens is 1. The van der Waals surface area contributed by atoms with E-state index in [1.165, 1.54) is 49.3 Å². The lowest BCUT2D eigenvalue weighted by Gasteiger charge is -2.20. The Labute approximate surface area is 186 Å². The third-order valence-electron chi connectivity index (χ3n) is 5.06. The van der Waals surface area contributed by atoms with E-state index < -0.39 is 42.9 Å². The molecule has 1 amide bonds. The summed E-state index contributed by atoms with van der Waals surface area (Å²) in [4.78, 5) is 21.3. The highest BCUT2D eigenvalue weighted by Gasteiger charge is 2.47. The summed E-state index contributed by atoms with van der Waals surface area (Å²) in [5.74, 6) is -3.86. The topological polar surface area (TPSA) is 92.8 Å². The quantitative estimate of drug-likeness (QED) is 0.384. The number of nitrogen functional groups attached to an aromatic ring is 1. The number of rotatable bonds is 6. The van der Waals surface area contributed by atoms with Gasteiger partial charge in [-0.1, -0.05) is 6.07 Å². The van der Waals surface area contributed by atoms with Crippen molar-refractivity contribution >= 4 is 17.3 Å². The molecule has 0 bridgehead atoms. The van der Waals surface area contributed by atoms with Crippen molar-refractivity contribution < 1.29 is 31.5 Å². The minimum absolute atomic E-state index is 0.0407. The number of ether oxygens (including phenoxy) is 1. The lowest BCUT2D eigenvalue weighted by Crippen LogP contribution is -2.49. The third kappa shape index (κ3) is 5.56. The zero-order chi connectivity index (χ0) is 24.4. The lowest BCUT2D eigenvalue weighted by atomic mass is 10.1. The summed E-state index contributed by atoms with van der Waals surface area (Å²) in [6.45, 7) is -0.977. The number of halogens is 5. The van der Waals surface area contributed by atoms with Gasteiger partial charge in [0, 0.05) is 36.6 Å². The standard InChI is InChI=1S/C21H22F5N5O2/c1-28-17(19(32)30-16-9-31(2)11-20(16,22)23)14-8-13(5-6-15(14)27)33-10-12-4-3-7-29-18(12)21(24,25)26/h3-8,16H,9-11,27H2,1-2H3,(H,30,32). The summed E-state index contributed by atoms with van der Waals surface area (Å²) in [6.07, 6.45) is -3.62. The first-order valence-electron chi connectivity index (χ1n) is 9.80. The van der Waals surface area contributed by atoms with Gasteiger partial charge in [0.15, 0.2) is 5.69 Å². The number of carbonyl (C=O) groups is 1. The van der Waals surface area contributed by atoms with Crippen LogP contribution in [0.5, 0.6) is 5.75 Å². The smallest absolute Gasteiger partial charge is 0.433 e. The number of nitrogens with two attached hydrogens (primary N) is 1. The van der Waals surface area contributed by atoms with Crippen molar-refractivity contribution in [3.8, 4) is 5.75 Å². The number of amides is 1. The van der Waals surface area contributed by atoms with Crippen LogP contribution >= 0.6 is 0 Å². The molecule has 2 aromatic rings. The average Bonchev–Trinajstić information content (AvgIpc) is 2.99. The fourth-order valence-electron chi connectivity index (χ4n) is 3.50. The third-order valence-corrected chi connectivity index (χ3v) is 5.06. The van der Waals surface area contributed by atoms with Crippen LogP contribution in [0.15, 0.2) is 41.5 Å². The van der Waals surface area contributed by atoms with E-state index in [1.54, 1.807) is 0 Å². The SMILES string of the molecule is CN=C(C(=O)NC1CN(C)CC1(F)F)c1cc(OCc2cccnc2C(F)(F)F)ccc1N. The molecule has 2 heterocycles. The molecule has 1 unspecified atom stereocenters. The monoisotopic (exact) mass is 471 g/mol. The molecule has 0 radical (unpaired) electrons. The van der Waals surface area contributed by atoms with Gasteiger partial charge < -0.3 is 15.8 Å². The summed E-state index contributed by atoms with van der Waals surface area (Å²) >= 11 is 0. The van der Waals surface area contributed by atoms with E-state index in [2.05, 4.69) is 15.3 Å². The van der Waals surface area contributed by atoms with Crippen molar-refractivity contribution in [3.05, 3.63) is 53.3 Å². The van der Waals surface area contributed by atoms with Gasteiger partial charge in [-0.05, 0) is 31.3 Å². The van der Waals surface area contributed by atoms with Crippen molar-refractivity contribution in [2.45, 2.75) is 24.7 Å². The Kier molecular flexibility index (Phi) is 6.86. The normalized spacial score (nSPS) is 18.9. The average molecular weight is 471 g/mol. The van der Waals surface area contributed by atoms with E-state index in [4.69, 9.17) is 10.5 Å². The largest absolute Gasteiger partial charge is 0.489 e. The van der Waals surface area contributed by atoms with Crippen molar-refractivity contribution in [1.29, 1.82) is 0 Å². The number of benzene rings is 1. The molecule has 1 aromatic carbocycles. The number of hydrogen-bond donors (Lipinski definition) is 2. The molecule has 1 aliphatic heterocycles. The molecule has 1 saturated heterocycles. The number of likely N-dealkylation sites (N-methyl/N-ethyl adjacent to an activating group) is 1. The molecule has 0 aliphatic carbocycles. The van der Waals surface area contributed by atoms with Crippen molar-refractivity contribution in [2.24, 2.45) is 4.99 Å². The van der Waals surface area contributed by atoms with Crippen molar-refractivity contribution in [3.63, 3.8) is 0 Å². The Morgan fingerprint density at radius 2 is 2.09 bits per heavy atom. The minimum atomic E-state index is -4.65. The summed E-state index contributed by atoms with van der Waals surface area (Å²) in [7, 11) is 2.81. The van der Waals surface area contributed by atoms with E-state index >= 15 is 0 Å². The van der Waals surface area contributed by atoms with Gasteiger partial charge in [0.2, 0.25) is 0 Å². The number of nitrogens with one attached hydrogen (secondary N) is 1. The highest BCUT2D eigenvalue weighted by molar-refractivity contribution is 6.46. The van der Waals surface area contributed by atoms with Crippen LogP contribution in [0.1, 0.15) is 16.8 Å². The van der Waals surface area contributed by atoms with E-state index in [-0.39, 0.29) is 34.8 Å². The molecule has 12 heteroatoms. The summed E-state index contributed by atoms with van der Waals surface area (Å²) in [5.41, 5.74) is 4.70. The van der Waals surface area contributed by atoms with E-state index in [0.29, 0.717) is 0 Å². The van der Waals surface area contributed by atoms with Crippen molar-refractivity contribution in [1.82, 2.24) is 15.2 Å². The summed E-state index contributed by atoms with van der Waals surface area (Å²) in [5, 5.41) is 2.29. The lowest BCUT2D eigenvalue weighted by molar-refractivity contribution is -0.142. The van der Waals surface area contributed by atoms with Gasteiger partial charge >= 0.3 is 6.18 Å². The van der Waals surface area contributed by atoms with Crippen LogP contribution in [0.4, 0.5) is 27.6 Å². The van der Waals surface area contributed by atoms with Gasteiger partial charge in [-0.3, -0.25) is 19.7 Å². The second-order valence-corrected chi connectivity index (χ2v) is 7.60. The van der Waals surface area contributed by atoms with E-state index in [9.17, 15) is 26.7 Å². The van der Waals surface area contributed by atoms with Gasteiger partial charge in [0.1, 0.15) is 24.1 Å². The Morgan fingerprint density at radius 1 is 1.36 bits per heavy atom. The fraction of sp³-hybridized carbons (Fsp3) is 0.381. The van der Waals surface area contributed by atoms with Gasteiger partial charge in [-0.2, -0.15) is 13.2 Å². The maximum atomic E-state index is 14.1. The highest BCUT2D eigenvalue weighted by atomic mass is 19.4. The second-order valence-electron chi connectivity index (χ2n) is 7.60. The first-order valence-corrected chi connectivity index (χ1v) is 9.80. The molecular formula is C21H22F5N5O2. The number of hydrogen-bond acceptors (Lipinski definition) is 6. The molecule has 3 N–H and O–H groups in total. The molecule has 1 atom stereocenters. The Morgan fingerprint density at radius 3 is 2.70 bits per heavy atom. The fourth-order valence-corrected chi connectivity index (χ4v) is 3.50. The first kappa shape index (κ1) is 24.4. The van der Waals surface area contributed by atoms with Crippen molar-refractivity contribution in [2.75, 3.05) is 32.9 Å². The number of carbonyl (C=O) groups excluding carboxylic acids is 1. The molecule has 0 spiro atoms. The Bertz CT molecular complexity index is 1060. The summed E-state index contributed by atoms with van der Waals surface area (Å²) in [6, 6.07) is 5.30. The number of nitrogens with zero attached hydrogens (tertiary/aromatic N) is 3. The number of pyridine rings is 1. The van der Waals surface area contributed by atoms with Crippen LogP contribution < -0.4 is 15.8 Å². The molecule has 1 fully saturated rings. The maximum absolute atomic E-state index is 14.1. The zero-order valence-corrected chi connectivity index (χ0v) is 17.8. The van der Waals surface area contributed by atoms with Crippen LogP contribution in [-0.4, -0.2) is 60.7 Å². The van der Waals surface area contributed by atoms with Gasteiger partial charge in [-0.25, -0.2) is 8.78 Å². The van der Waals surface area contributed by atoms with Crippen LogP contribution in [0.25, 0.3) is 0 Å². The molecule has 7 nitrogen and oxygen atoms in total. The molecule has 1 aromatic heterocycles. The van der Waals surface area contributed by atoms with Gasteiger partial charge in [0.25, 0.3) is 11.8 Å². The molecule has 33 heavy (non-hydrogen) atoms. The zero-order valence-electron chi connectivity index (χ0n) is 17.8. The first-order chi connectivity index (χ1) is 15.4. The Balaban J connectivity index is 1.79. The Hall–Kier alpha value is -3.28. The number of likely N-dealkylation sites (tertiary alicyclic amines) is 1. The maximum Gasteiger partial charge on any atom is 0.433 e. The number of aliphatic imine (C=N–C) groups is 1. The number of anilines is 1. The highest BCUT2D eigenvalue weighted by Crippen LogP contribution is 2.31. The van der Waals surface area contributed by atoms with Gasteiger partial charge in [-0.15, -0.1) is 0 Å². The second kappa shape index (κ2) is 9.30. The predicted octanol–water partition coefficient (Wildman–Crippen LogP) is 2.75. The predicted molar refractivity (Wildman–Crippen MR) is 111 cm³/mol. The molecule has 178 valence electrons. The molecule has 0 saturated carbocycles. The van der Waals surface area contributed by atoms with E-state index in [0.717, 1.165) is 6.20 Å². The number of alkyl halides is 5. The van der Waals surface area contributed by atoms with Crippen LogP contribution in [0.2, 0.25) is 0 Å². The summed E-state index contributed by atoms with van der Waals surface area (Å²) < 4.78 is 73.0. The van der Waals surface area contributed by atoms with Crippen LogP contribution in [-0.2, 0) is 17.6 Å². The van der Waals surface area contributed by atoms with Crippen LogP contribution in [0, 0.1) is 0 Å². The van der Waals surface area contributed by atoms with Gasteiger partial charge in [0.05, 0.1) is 6.54 Å². The minimum Gasteiger partial charge on any atom is -0.489 e. The van der Waals surface area contributed by atoms with Crippen LogP contribution in [0.3, 0.4) is 0 Å². The molecular weight excluding hydrogens is 449 g/mol. The molecule has 3 rings (SSSR count).